The third-order valence-corrected chi connectivity index (χ3v) is 9.89. The lowest BCUT2D eigenvalue weighted by Gasteiger charge is -2.32. The summed E-state index contributed by atoms with van der Waals surface area (Å²) in [6, 6.07) is 12.3. The monoisotopic (exact) mass is 757 g/mol. The van der Waals surface area contributed by atoms with Crippen molar-refractivity contribution in [2.45, 2.75) is 68.9 Å². The van der Waals surface area contributed by atoms with E-state index < -0.39 is 67.3 Å². The molecule has 258 valence electrons. The fourth-order valence-corrected chi connectivity index (χ4v) is 7.53. The Balaban J connectivity index is 1.37. The highest BCUT2D eigenvalue weighted by Crippen LogP contribution is 2.50. The first kappa shape index (κ1) is 35.8. The molecule has 1 aliphatic carbocycles. The first-order valence-corrected chi connectivity index (χ1v) is 17.3. The molecule has 3 aromatic rings. The Morgan fingerprint density at radius 2 is 1.83 bits per heavy atom. The van der Waals surface area contributed by atoms with E-state index in [0.29, 0.717) is 12.8 Å². The number of aliphatic hydroxyl groups is 1. The van der Waals surface area contributed by atoms with Gasteiger partial charge in [-0.25, -0.2) is 9.36 Å². The molecule has 48 heavy (non-hydrogen) atoms. The zero-order chi connectivity index (χ0) is 34.5. The predicted molar refractivity (Wildman–Crippen MR) is 170 cm³/mol. The molecule has 0 radical (unpaired) electrons. The maximum Gasteiger partial charge on any atom is 0.459 e. The zero-order valence-corrected chi connectivity index (χ0v) is 27.7. The van der Waals surface area contributed by atoms with Gasteiger partial charge in [-0.15, -0.1) is 0 Å². The van der Waals surface area contributed by atoms with Crippen LogP contribution in [0, 0.1) is 0 Å². The van der Waals surface area contributed by atoms with Gasteiger partial charge in [-0.3, -0.25) is 23.7 Å². The summed E-state index contributed by atoms with van der Waals surface area (Å²) in [5.74, 6) is -0.964. The van der Waals surface area contributed by atoms with Crippen molar-refractivity contribution in [3.8, 4) is 5.75 Å². The number of H-pyrrole nitrogens is 1. The Labute approximate surface area is 280 Å². The number of alkyl halides is 3. The molecule has 4 atom stereocenters. The molecule has 2 unspecified atom stereocenters. The molecule has 2 aromatic carbocycles. The highest BCUT2D eigenvalue weighted by molar-refractivity contribution is 9.11. The summed E-state index contributed by atoms with van der Waals surface area (Å²) in [7, 11) is -4.62. The number of esters is 1. The fraction of sp³-hybridized carbons (Fsp3) is 0.387. The molecule has 17 heteroatoms. The molecule has 1 saturated heterocycles. The van der Waals surface area contributed by atoms with E-state index >= 15 is 0 Å². The summed E-state index contributed by atoms with van der Waals surface area (Å²) in [5.41, 5.74) is -3.06. The lowest BCUT2D eigenvalue weighted by atomic mass is 10.00. The van der Waals surface area contributed by atoms with E-state index in [0.717, 1.165) is 34.4 Å². The number of rotatable bonds is 12. The summed E-state index contributed by atoms with van der Waals surface area (Å²) >= 11 is 3.07. The second-order valence-electron chi connectivity index (χ2n) is 11.3. The molecule has 0 amide bonds. The first-order valence-electron chi connectivity index (χ1n) is 14.9. The van der Waals surface area contributed by atoms with E-state index in [1.54, 1.807) is 24.3 Å². The average molecular weight is 758 g/mol. The van der Waals surface area contributed by atoms with Crippen molar-refractivity contribution in [3.05, 3.63) is 103 Å². The van der Waals surface area contributed by atoms with Crippen LogP contribution >= 0.6 is 23.7 Å². The van der Waals surface area contributed by atoms with Gasteiger partial charge in [0.1, 0.15) is 30.2 Å². The van der Waals surface area contributed by atoms with E-state index in [2.05, 4.69) is 26.0 Å². The minimum absolute atomic E-state index is 0.0607. The van der Waals surface area contributed by atoms with Gasteiger partial charge in [0.2, 0.25) is 0 Å². The van der Waals surface area contributed by atoms with Gasteiger partial charge in [0.15, 0.2) is 0 Å². The number of aliphatic hydroxyl groups excluding tert-OH is 1. The van der Waals surface area contributed by atoms with Crippen LogP contribution in [0.4, 0.5) is 13.2 Å². The van der Waals surface area contributed by atoms with Crippen molar-refractivity contribution in [1.82, 2.24) is 14.6 Å². The molecule has 0 spiro atoms. The Morgan fingerprint density at radius 3 is 2.48 bits per heavy atom. The van der Waals surface area contributed by atoms with Crippen molar-refractivity contribution in [2.24, 2.45) is 0 Å². The third kappa shape index (κ3) is 8.54. The van der Waals surface area contributed by atoms with Crippen LogP contribution in [-0.4, -0.2) is 45.0 Å². The lowest BCUT2D eigenvalue weighted by Crippen LogP contribution is -2.50. The number of aromatic nitrogens is 2. The summed E-state index contributed by atoms with van der Waals surface area (Å²) in [6.45, 7) is -0.640. The minimum Gasteiger partial charge on any atom is -0.459 e. The van der Waals surface area contributed by atoms with Crippen molar-refractivity contribution in [3.63, 3.8) is 0 Å². The first-order chi connectivity index (χ1) is 22.8. The van der Waals surface area contributed by atoms with Gasteiger partial charge in [0.25, 0.3) is 5.56 Å². The molecular formula is C31H32BrF3N3O9P. The number of carbonyl (C=O) groups excluding carboxylic acids is 1. The smallest absolute Gasteiger partial charge is 0.459 e. The summed E-state index contributed by atoms with van der Waals surface area (Å²) in [4.78, 5) is 41.7. The number of nitrogens with one attached hydrogen (secondary N) is 2. The SMILES string of the molecule is O=C(OCc1ccccc1)C1(NP(=O)(OC[C@H]2O[C@@H](n3cc(C=CBr)c(=O)[nH]c3=O)CC2O)Oc2ccc(C(F)(F)F)cc2)CCCC1. The van der Waals surface area contributed by atoms with Crippen LogP contribution in [0.15, 0.2) is 75.4 Å². The fourth-order valence-electron chi connectivity index (χ4n) is 5.50. The number of halogens is 4. The molecule has 1 aromatic heterocycles. The highest BCUT2D eigenvalue weighted by atomic mass is 79.9. The summed E-state index contributed by atoms with van der Waals surface area (Å²) in [6.07, 6.45) is -3.97. The largest absolute Gasteiger partial charge is 0.459 e. The second kappa shape index (κ2) is 14.9. The number of carbonyl (C=O) groups is 1. The van der Waals surface area contributed by atoms with Crippen LogP contribution in [0.25, 0.3) is 6.08 Å². The molecule has 1 saturated carbocycles. The average Bonchev–Trinajstić information content (AvgIpc) is 3.67. The van der Waals surface area contributed by atoms with Crippen LogP contribution < -0.4 is 20.9 Å². The molecule has 2 fully saturated rings. The van der Waals surface area contributed by atoms with E-state index in [9.17, 15) is 37.2 Å². The van der Waals surface area contributed by atoms with E-state index in [4.69, 9.17) is 18.5 Å². The van der Waals surface area contributed by atoms with Gasteiger partial charge >= 0.3 is 25.6 Å². The number of benzene rings is 2. The van der Waals surface area contributed by atoms with Crippen molar-refractivity contribution >= 4 is 35.7 Å². The lowest BCUT2D eigenvalue weighted by molar-refractivity contribution is -0.152. The molecule has 2 aliphatic rings. The number of hydrogen-bond acceptors (Lipinski definition) is 9. The standard InChI is InChI=1S/C31H32BrF3N3O9P/c32-15-12-21-17-38(29(42)36-27(21)40)26-16-24(39)25(46-26)19-45-48(43,47-23-10-8-22(9-11-23)31(33,34)35)37-30(13-4-5-14-30)28(41)44-18-20-6-2-1-3-7-20/h1-3,6-12,15,17,24-26,39H,4-5,13-14,16,18-19H2,(H,37,43)(H,36,40,42)/t24?,25-,26-,48?/m1/s1. The van der Waals surface area contributed by atoms with Crippen molar-refractivity contribution < 1.29 is 46.2 Å². The second-order valence-corrected chi connectivity index (χ2v) is 13.5. The zero-order valence-electron chi connectivity index (χ0n) is 25.2. The van der Waals surface area contributed by atoms with Gasteiger partial charge in [-0.05, 0) is 53.7 Å². The quantitative estimate of drug-likeness (QED) is 0.161. The van der Waals surface area contributed by atoms with E-state index in [-0.39, 0.29) is 37.2 Å². The van der Waals surface area contributed by atoms with E-state index in [1.807, 2.05) is 6.07 Å². The Hall–Kier alpha value is -3.53. The van der Waals surface area contributed by atoms with Crippen LogP contribution in [0.2, 0.25) is 0 Å². The van der Waals surface area contributed by atoms with Gasteiger partial charge < -0.3 is 19.1 Å². The van der Waals surface area contributed by atoms with Crippen LogP contribution in [0.5, 0.6) is 5.75 Å². The summed E-state index contributed by atoms with van der Waals surface area (Å²) < 4.78 is 77.9. The van der Waals surface area contributed by atoms with Gasteiger partial charge in [0, 0.05) is 12.6 Å². The van der Waals surface area contributed by atoms with Gasteiger partial charge in [0.05, 0.1) is 23.8 Å². The van der Waals surface area contributed by atoms with Crippen LogP contribution in [0.1, 0.15) is 55.0 Å². The van der Waals surface area contributed by atoms with Gasteiger partial charge in [-0.1, -0.05) is 59.1 Å². The Bertz CT molecular complexity index is 1780. The van der Waals surface area contributed by atoms with Crippen LogP contribution in [-0.2, 0) is 36.1 Å². The van der Waals surface area contributed by atoms with Gasteiger partial charge in [-0.2, -0.15) is 18.3 Å². The van der Waals surface area contributed by atoms with E-state index in [1.165, 1.54) is 17.3 Å². The third-order valence-electron chi connectivity index (χ3n) is 7.98. The maximum absolute atomic E-state index is 14.4. The molecule has 2 heterocycles. The van der Waals surface area contributed by atoms with Crippen molar-refractivity contribution in [2.75, 3.05) is 6.61 Å². The number of hydrogen-bond donors (Lipinski definition) is 3. The van der Waals surface area contributed by atoms with Crippen LogP contribution in [0.3, 0.4) is 0 Å². The molecule has 3 N–H and O–H groups in total. The highest BCUT2D eigenvalue weighted by Gasteiger charge is 2.50. The molecule has 0 bridgehead atoms. The Morgan fingerprint density at radius 1 is 1.15 bits per heavy atom. The Kier molecular flexibility index (Phi) is 11.1. The van der Waals surface area contributed by atoms with Crippen molar-refractivity contribution in [1.29, 1.82) is 0 Å². The molecule has 1 aliphatic heterocycles. The normalized spacial score (nSPS) is 22.1. The maximum atomic E-state index is 14.4. The predicted octanol–water partition coefficient (Wildman–Crippen LogP) is 5.42. The summed E-state index contributed by atoms with van der Waals surface area (Å²) in [5, 5.41) is 13.5. The number of nitrogens with zero attached hydrogens (tertiary/aromatic N) is 1. The minimum atomic E-state index is -4.63. The number of ether oxygens (including phenoxy) is 2. The molecule has 5 rings (SSSR count). The number of aromatic amines is 1. The topological polar surface area (TPSA) is 158 Å². The molecular weight excluding hydrogens is 726 g/mol. The molecule has 12 nitrogen and oxygen atoms in total.